The Labute approximate surface area is 111 Å². The number of halogens is 1. The lowest BCUT2D eigenvalue weighted by Gasteiger charge is -2.37. The minimum atomic E-state index is -0.240. The van der Waals surface area contributed by atoms with Crippen LogP contribution in [0.1, 0.15) is 64.7 Å². The largest absolute Gasteiger partial charge is 0.378 e. The van der Waals surface area contributed by atoms with Gasteiger partial charge in [0.25, 0.3) is 0 Å². The van der Waals surface area contributed by atoms with Crippen LogP contribution in [0.5, 0.6) is 0 Å². The normalized spacial score (nSPS) is 37.7. The summed E-state index contributed by atoms with van der Waals surface area (Å²) in [5, 5.41) is 0. The van der Waals surface area contributed by atoms with Gasteiger partial charge in [-0.05, 0) is 62.7 Å². The number of alkyl halides is 1. The summed E-state index contributed by atoms with van der Waals surface area (Å²) in [5.74, 6) is 2.91. The third-order valence-electron chi connectivity index (χ3n) is 5.08. The van der Waals surface area contributed by atoms with E-state index in [9.17, 15) is 4.39 Å². The summed E-state index contributed by atoms with van der Waals surface area (Å²) < 4.78 is 17.7. The second kappa shape index (κ2) is 7.47. The molecule has 2 fully saturated rings. The molecule has 0 spiro atoms. The van der Waals surface area contributed by atoms with Crippen LogP contribution >= 0.6 is 0 Å². The first-order valence-electron chi connectivity index (χ1n) is 7.97. The van der Waals surface area contributed by atoms with Crippen LogP contribution in [0.15, 0.2) is 0 Å². The molecule has 18 heavy (non-hydrogen) atoms. The first-order valence-corrected chi connectivity index (χ1v) is 7.97. The molecule has 0 radical (unpaired) electrons. The SMILES string of the molecule is CC1CCC(C2CCC(OCCCF)CC2)CC1. The smallest absolute Gasteiger partial charge is 0.0916 e. The van der Waals surface area contributed by atoms with Gasteiger partial charge in [-0.25, -0.2) is 0 Å². The number of hydrogen-bond donors (Lipinski definition) is 0. The average Bonchev–Trinajstić information content (AvgIpc) is 2.41. The Kier molecular flexibility index (Phi) is 5.94. The zero-order valence-electron chi connectivity index (χ0n) is 11.9. The van der Waals surface area contributed by atoms with E-state index in [1.807, 2.05) is 0 Å². The van der Waals surface area contributed by atoms with E-state index >= 15 is 0 Å². The molecule has 2 heteroatoms. The first kappa shape index (κ1) is 14.3. The van der Waals surface area contributed by atoms with E-state index in [4.69, 9.17) is 4.74 Å². The van der Waals surface area contributed by atoms with Gasteiger partial charge in [0.1, 0.15) is 0 Å². The first-order chi connectivity index (χ1) is 8.79. The maximum Gasteiger partial charge on any atom is 0.0916 e. The van der Waals surface area contributed by atoms with Crippen molar-refractivity contribution in [2.45, 2.75) is 70.8 Å². The van der Waals surface area contributed by atoms with Crippen LogP contribution in [0.2, 0.25) is 0 Å². The molecule has 0 amide bonds. The highest BCUT2D eigenvalue weighted by Gasteiger charge is 2.29. The lowest BCUT2D eigenvalue weighted by molar-refractivity contribution is 0.00473. The molecule has 0 N–H and O–H groups in total. The van der Waals surface area contributed by atoms with E-state index < -0.39 is 0 Å². The Morgan fingerprint density at radius 1 is 0.889 bits per heavy atom. The molecule has 0 atom stereocenters. The van der Waals surface area contributed by atoms with E-state index in [1.165, 1.54) is 51.4 Å². The Hall–Kier alpha value is -0.110. The monoisotopic (exact) mass is 256 g/mol. The molecule has 0 aromatic rings. The molecule has 2 aliphatic carbocycles. The third-order valence-corrected chi connectivity index (χ3v) is 5.08. The van der Waals surface area contributed by atoms with E-state index in [1.54, 1.807) is 0 Å². The van der Waals surface area contributed by atoms with Crippen LogP contribution in [0.3, 0.4) is 0 Å². The van der Waals surface area contributed by atoms with Gasteiger partial charge in [-0.3, -0.25) is 4.39 Å². The van der Waals surface area contributed by atoms with Crippen molar-refractivity contribution in [1.29, 1.82) is 0 Å². The zero-order chi connectivity index (χ0) is 12.8. The Morgan fingerprint density at radius 3 is 2.00 bits per heavy atom. The van der Waals surface area contributed by atoms with Gasteiger partial charge >= 0.3 is 0 Å². The van der Waals surface area contributed by atoms with Crippen LogP contribution < -0.4 is 0 Å². The van der Waals surface area contributed by atoms with Gasteiger partial charge in [-0.15, -0.1) is 0 Å². The van der Waals surface area contributed by atoms with Crippen molar-refractivity contribution in [2.75, 3.05) is 13.3 Å². The van der Waals surface area contributed by atoms with Crippen molar-refractivity contribution in [3.05, 3.63) is 0 Å². The molecular weight excluding hydrogens is 227 g/mol. The fraction of sp³-hybridized carbons (Fsp3) is 1.00. The molecule has 0 saturated heterocycles. The van der Waals surface area contributed by atoms with Gasteiger partial charge in [0.15, 0.2) is 0 Å². The number of ether oxygens (including phenoxy) is 1. The quantitative estimate of drug-likeness (QED) is 0.645. The maximum absolute atomic E-state index is 12.0. The van der Waals surface area contributed by atoms with Crippen LogP contribution in [-0.4, -0.2) is 19.4 Å². The van der Waals surface area contributed by atoms with Crippen LogP contribution in [0.4, 0.5) is 4.39 Å². The Morgan fingerprint density at radius 2 is 1.44 bits per heavy atom. The van der Waals surface area contributed by atoms with Gasteiger partial charge in [0, 0.05) is 6.61 Å². The van der Waals surface area contributed by atoms with Crippen molar-refractivity contribution in [3.8, 4) is 0 Å². The highest BCUT2D eigenvalue weighted by Crippen LogP contribution is 2.40. The summed E-state index contributed by atoms with van der Waals surface area (Å²) in [6.07, 6.45) is 11.9. The molecule has 2 rings (SSSR count). The van der Waals surface area contributed by atoms with Crippen LogP contribution in [-0.2, 0) is 4.74 Å². The fourth-order valence-corrected chi connectivity index (χ4v) is 3.79. The molecule has 1 nitrogen and oxygen atoms in total. The standard InChI is InChI=1S/C16H29FO/c1-13-3-5-14(6-4-13)15-7-9-16(10-8-15)18-12-2-11-17/h13-16H,2-12H2,1H3. The molecular formula is C16H29FO. The van der Waals surface area contributed by atoms with E-state index in [-0.39, 0.29) is 6.67 Å². The van der Waals surface area contributed by atoms with Gasteiger partial charge in [-0.2, -0.15) is 0 Å². The van der Waals surface area contributed by atoms with E-state index in [0.717, 1.165) is 17.8 Å². The van der Waals surface area contributed by atoms with Crippen molar-refractivity contribution in [3.63, 3.8) is 0 Å². The third kappa shape index (κ3) is 4.22. The Bertz CT molecular complexity index is 215. The predicted molar refractivity (Wildman–Crippen MR) is 73.4 cm³/mol. The van der Waals surface area contributed by atoms with Crippen molar-refractivity contribution in [1.82, 2.24) is 0 Å². The summed E-state index contributed by atoms with van der Waals surface area (Å²) in [5.41, 5.74) is 0. The minimum absolute atomic E-state index is 0.240. The number of rotatable bonds is 5. The highest BCUT2D eigenvalue weighted by molar-refractivity contribution is 4.81. The van der Waals surface area contributed by atoms with Gasteiger partial charge in [0.05, 0.1) is 12.8 Å². The van der Waals surface area contributed by atoms with Gasteiger partial charge in [-0.1, -0.05) is 19.8 Å². The summed E-state index contributed by atoms with van der Waals surface area (Å²) >= 11 is 0. The second-order valence-electron chi connectivity index (χ2n) is 6.47. The van der Waals surface area contributed by atoms with Crippen molar-refractivity contribution in [2.24, 2.45) is 17.8 Å². The molecule has 106 valence electrons. The Balaban J connectivity index is 1.63. The van der Waals surface area contributed by atoms with Gasteiger partial charge < -0.3 is 4.74 Å². The summed E-state index contributed by atoms with van der Waals surface area (Å²) in [6.45, 7) is 2.77. The van der Waals surface area contributed by atoms with Crippen molar-refractivity contribution < 1.29 is 9.13 Å². The molecule has 0 unspecified atom stereocenters. The maximum atomic E-state index is 12.0. The lowest BCUT2D eigenvalue weighted by atomic mass is 9.71. The minimum Gasteiger partial charge on any atom is -0.378 e. The fourth-order valence-electron chi connectivity index (χ4n) is 3.79. The predicted octanol–water partition coefficient (Wildman–Crippen LogP) is 4.75. The molecule has 0 bridgehead atoms. The van der Waals surface area contributed by atoms with Crippen LogP contribution in [0.25, 0.3) is 0 Å². The summed E-state index contributed by atoms with van der Waals surface area (Å²) in [6, 6.07) is 0. The molecule has 0 aliphatic heterocycles. The van der Waals surface area contributed by atoms with Crippen molar-refractivity contribution >= 4 is 0 Å². The highest BCUT2D eigenvalue weighted by atomic mass is 19.1. The topological polar surface area (TPSA) is 9.23 Å². The molecule has 0 aromatic carbocycles. The average molecular weight is 256 g/mol. The second-order valence-corrected chi connectivity index (χ2v) is 6.47. The van der Waals surface area contributed by atoms with E-state index in [0.29, 0.717) is 19.1 Å². The molecule has 2 aliphatic rings. The number of hydrogen-bond acceptors (Lipinski definition) is 1. The summed E-state index contributed by atoms with van der Waals surface area (Å²) in [7, 11) is 0. The summed E-state index contributed by atoms with van der Waals surface area (Å²) in [4.78, 5) is 0. The lowest BCUT2D eigenvalue weighted by Crippen LogP contribution is -2.28. The van der Waals surface area contributed by atoms with E-state index in [2.05, 4.69) is 6.92 Å². The molecule has 2 saturated carbocycles. The van der Waals surface area contributed by atoms with Crippen LogP contribution in [0, 0.1) is 17.8 Å². The molecule has 0 heterocycles. The zero-order valence-corrected chi connectivity index (χ0v) is 11.9. The molecule has 0 aromatic heterocycles. The van der Waals surface area contributed by atoms with Gasteiger partial charge in [0.2, 0.25) is 0 Å².